The normalized spacial score (nSPS) is 19.4. The van der Waals surface area contributed by atoms with Gasteiger partial charge in [0.15, 0.2) is 0 Å². The smallest absolute Gasteiger partial charge is 0.0991 e. The fourth-order valence-corrected chi connectivity index (χ4v) is 2.66. The maximum absolute atomic E-state index is 8.93. The first-order chi connectivity index (χ1) is 7.78. The molecule has 80 valence electrons. The third-order valence-corrected chi connectivity index (χ3v) is 3.56. The molecule has 0 aliphatic heterocycles. The standard InChI is InChI=1S/C14H14N2/c1-9-2-4-13-11(6-9)12-7-10(8-15)3-5-14(12)16-13/h3,5,7,9,16H,2,4,6H2,1H3. The number of nitriles is 1. The summed E-state index contributed by atoms with van der Waals surface area (Å²) in [6, 6.07) is 8.14. The van der Waals surface area contributed by atoms with Crippen LogP contribution in [0.5, 0.6) is 0 Å². The first-order valence-electron chi connectivity index (χ1n) is 5.81. The number of H-pyrrole nitrogens is 1. The summed E-state index contributed by atoms with van der Waals surface area (Å²) in [7, 11) is 0. The van der Waals surface area contributed by atoms with Crippen molar-refractivity contribution in [3.05, 3.63) is 35.0 Å². The molecule has 1 aliphatic rings. The molecule has 0 bridgehead atoms. The van der Waals surface area contributed by atoms with Crippen molar-refractivity contribution in [2.24, 2.45) is 5.92 Å². The lowest BCUT2D eigenvalue weighted by Gasteiger charge is -2.18. The van der Waals surface area contributed by atoms with Gasteiger partial charge in [-0.25, -0.2) is 0 Å². The molecule has 0 saturated heterocycles. The van der Waals surface area contributed by atoms with Crippen molar-refractivity contribution in [3.63, 3.8) is 0 Å². The average molecular weight is 210 g/mol. The summed E-state index contributed by atoms with van der Waals surface area (Å²) in [6.45, 7) is 2.30. The lowest BCUT2D eigenvalue weighted by Crippen LogP contribution is -2.09. The molecule has 1 heterocycles. The van der Waals surface area contributed by atoms with Crippen LogP contribution in [0.2, 0.25) is 0 Å². The Hall–Kier alpha value is -1.75. The lowest BCUT2D eigenvalue weighted by atomic mass is 9.87. The van der Waals surface area contributed by atoms with Crippen LogP contribution in [0, 0.1) is 17.2 Å². The van der Waals surface area contributed by atoms with Gasteiger partial charge in [0, 0.05) is 16.6 Å². The summed E-state index contributed by atoms with van der Waals surface area (Å²) in [5.74, 6) is 0.761. The molecule has 1 aromatic carbocycles. The molecule has 3 rings (SSSR count). The van der Waals surface area contributed by atoms with E-state index in [2.05, 4.69) is 18.0 Å². The van der Waals surface area contributed by atoms with E-state index in [0.717, 1.165) is 24.3 Å². The average Bonchev–Trinajstić information content (AvgIpc) is 2.66. The second-order valence-electron chi connectivity index (χ2n) is 4.80. The molecule has 0 fully saturated rings. The van der Waals surface area contributed by atoms with Crippen LogP contribution in [-0.4, -0.2) is 4.98 Å². The van der Waals surface area contributed by atoms with Gasteiger partial charge in [0.05, 0.1) is 11.6 Å². The van der Waals surface area contributed by atoms with E-state index in [-0.39, 0.29) is 0 Å². The highest BCUT2D eigenvalue weighted by atomic mass is 14.7. The maximum Gasteiger partial charge on any atom is 0.0991 e. The van der Waals surface area contributed by atoms with E-state index in [4.69, 9.17) is 5.26 Å². The zero-order chi connectivity index (χ0) is 11.1. The van der Waals surface area contributed by atoms with E-state index in [1.165, 1.54) is 28.6 Å². The van der Waals surface area contributed by atoms with E-state index >= 15 is 0 Å². The molecular weight excluding hydrogens is 196 g/mol. The van der Waals surface area contributed by atoms with E-state index < -0.39 is 0 Å². The predicted octanol–water partition coefficient (Wildman–Crippen LogP) is 3.16. The number of aromatic amines is 1. The molecule has 1 N–H and O–H groups in total. The molecule has 2 nitrogen and oxygen atoms in total. The van der Waals surface area contributed by atoms with Crippen LogP contribution in [0.4, 0.5) is 0 Å². The Morgan fingerprint density at radius 1 is 1.44 bits per heavy atom. The van der Waals surface area contributed by atoms with E-state index in [9.17, 15) is 0 Å². The largest absolute Gasteiger partial charge is 0.358 e. The van der Waals surface area contributed by atoms with Gasteiger partial charge in [-0.3, -0.25) is 0 Å². The van der Waals surface area contributed by atoms with Crippen LogP contribution in [0.1, 0.15) is 30.2 Å². The van der Waals surface area contributed by atoms with E-state index in [1.807, 2.05) is 18.2 Å². The van der Waals surface area contributed by atoms with Gasteiger partial charge >= 0.3 is 0 Å². The van der Waals surface area contributed by atoms with Crippen molar-refractivity contribution in [3.8, 4) is 6.07 Å². The summed E-state index contributed by atoms with van der Waals surface area (Å²) < 4.78 is 0. The first-order valence-corrected chi connectivity index (χ1v) is 5.81. The van der Waals surface area contributed by atoms with Crippen LogP contribution < -0.4 is 0 Å². The Bertz CT molecular complexity index is 587. The number of nitrogens with zero attached hydrogens (tertiary/aromatic N) is 1. The predicted molar refractivity (Wildman–Crippen MR) is 64.2 cm³/mol. The summed E-state index contributed by atoms with van der Waals surface area (Å²) in [4.78, 5) is 3.48. The van der Waals surface area contributed by atoms with E-state index in [1.54, 1.807) is 0 Å². The molecule has 0 spiro atoms. The molecule has 1 atom stereocenters. The number of fused-ring (bicyclic) bond motifs is 3. The second kappa shape index (κ2) is 3.38. The molecule has 0 radical (unpaired) electrons. The molecule has 2 heteroatoms. The van der Waals surface area contributed by atoms with Crippen LogP contribution in [0.15, 0.2) is 18.2 Å². The molecule has 1 aromatic heterocycles. The fraction of sp³-hybridized carbons (Fsp3) is 0.357. The minimum Gasteiger partial charge on any atom is -0.358 e. The number of hydrogen-bond donors (Lipinski definition) is 1. The summed E-state index contributed by atoms with van der Waals surface area (Å²) in [5, 5.41) is 10.2. The molecular formula is C14H14N2. The molecule has 2 aromatic rings. The van der Waals surface area contributed by atoms with Gasteiger partial charge in [-0.2, -0.15) is 5.26 Å². The third-order valence-electron chi connectivity index (χ3n) is 3.56. The second-order valence-corrected chi connectivity index (χ2v) is 4.80. The molecule has 0 saturated carbocycles. The lowest BCUT2D eigenvalue weighted by molar-refractivity contribution is 0.499. The highest BCUT2D eigenvalue weighted by Crippen LogP contribution is 2.31. The van der Waals surface area contributed by atoms with Gasteiger partial charge in [0.25, 0.3) is 0 Å². The van der Waals surface area contributed by atoms with Crippen molar-refractivity contribution in [2.45, 2.75) is 26.2 Å². The number of aryl methyl sites for hydroxylation is 1. The molecule has 1 unspecified atom stereocenters. The van der Waals surface area contributed by atoms with Crippen molar-refractivity contribution >= 4 is 10.9 Å². The van der Waals surface area contributed by atoms with Crippen molar-refractivity contribution in [1.29, 1.82) is 5.26 Å². The topological polar surface area (TPSA) is 39.6 Å². The minimum absolute atomic E-state index is 0.757. The number of benzene rings is 1. The Kier molecular flexibility index (Phi) is 2.00. The van der Waals surface area contributed by atoms with Crippen molar-refractivity contribution in [2.75, 3.05) is 0 Å². The van der Waals surface area contributed by atoms with Gasteiger partial charge in [0.2, 0.25) is 0 Å². The number of rotatable bonds is 0. The summed E-state index contributed by atoms with van der Waals surface area (Å²) in [6.07, 6.45) is 3.56. The number of nitrogens with one attached hydrogen (secondary N) is 1. The Morgan fingerprint density at radius 3 is 3.12 bits per heavy atom. The van der Waals surface area contributed by atoms with Crippen LogP contribution >= 0.6 is 0 Å². The minimum atomic E-state index is 0.757. The molecule has 16 heavy (non-hydrogen) atoms. The monoisotopic (exact) mass is 210 g/mol. The number of aromatic nitrogens is 1. The van der Waals surface area contributed by atoms with Gasteiger partial charge < -0.3 is 4.98 Å². The first kappa shape index (κ1) is 9.47. The quantitative estimate of drug-likeness (QED) is 0.712. The highest BCUT2D eigenvalue weighted by Gasteiger charge is 2.19. The zero-order valence-electron chi connectivity index (χ0n) is 9.38. The zero-order valence-corrected chi connectivity index (χ0v) is 9.38. The molecule has 1 aliphatic carbocycles. The van der Waals surface area contributed by atoms with Crippen molar-refractivity contribution in [1.82, 2.24) is 4.98 Å². The Labute approximate surface area is 94.9 Å². The summed E-state index contributed by atoms with van der Waals surface area (Å²) in [5.41, 5.74) is 4.75. The third kappa shape index (κ3) is 1.32. The van der Waals surface area contributed by atoms with Crippen LogP contribution in [0.25, 0.3) is 10.9 Å². The van der Waals surface area contributed by atoms with Crippen LogP contribution in [-0.2, 0) is 12.8 Å². The SMILES string of the molecule is CC1CCc2[nH]c3ccc(C#N)cc3c2C1. The summed E-state index contributed by atoms with van der Waals surface area (Å²) >= 11 is 0. The van der Waals surface area contributed by atoms with Gasteiger partial charge in [0.1, 0.15) is 0 Å². The van der Waals surface area contributed by atoms with Crippen LogP contribution in [0.3, 0.4) is 0 Å². The van der Waals surface area contributed by atoms with Crippen molar-refractivity contribution < 1.29 is 0 Å². The van der Waals surface area contributed by atoms with Gasteiger partial charge in [-0.15, -0.1) is 0 Å². The van der Waals surface area contributed by atoms with E-state index in [0.29, 0.717) is 0 Å². The molecule has 0 amide bonds. The van der Waals surface area contributed by atoms with Gasteiger partial charge in [-0.05, 0) is 48.9 Å². The highest BCUT2D eigenvalue weighted by molar-refractivity contribution is 5.86. The Balaban J connectivity index is 2.25. The Morgan fingerprint density at radius 2 is 2.31 bits per heavy atom. The maximum atomic E-state index is 8.93. The number of hydrogen-bond acceptors (Lipinski definition) is 1. The van der Waals surface area contributed by atoms with Gasteiger partial charge in [-0.1, -0.05) is 6.92 Å². The fourth-order valence-electron chi connectivity index (χ4n) is 2.66.